The first-order chi connectivity index (χ1) is 9.97. The molecule has 2 heterocycles. The van der Waals surface area contributed by atoms with E-state index in [1.165, 1.54) is 57.9 Å². The molecular weight excluding hydrogens is 256 g/mol. The summed E-state index contributed by atoms with van der Waals surface area (Å²) in [5.74, 6) is 0.941. The van der Waals surface area contributed by atoms with E-state index in [4.69, 9.17) is 0 Å². The number of nitrogens with one attached hydrogen (secondary N) is 1. The minimum atomic E-state index is 0.510. The highest BCUT2D eigenvalue weighted by molar-refractivity contribution is 4.97. The Morgan fingerprint density at radius 1 is 0.857 bits per heavy atom. The largest absolute Gasteiger partial charge is 0.311 e. The zero-order chi connectivity index (χ0) is 15.0. The van der Waals surface area contributed by atoms with E-state index in [1.807, 2.05) is 0 Å². The number of nitrogens with zero attached hydrogens (tertiary/aromatic N) is 1. The van der Waals surface area contributed by atoms with E-state index in [0.29, 0.717) is 5.41 Å². The minimum absolute atomic E-state index is 0.510. The summed E-state index contributed by atoms with van der Waals surface area (Å²) in [6.07, 6.45) is 11.4. The van der Waals surface area contributed by atoms with Gasteiger partial charge in [-0.1, -0.05) is 27.7 Å². The Balaban J connectivity index is 1.57. The van der Waals surface area contributed by atoms with Gasteiger partial charge in [-0.3, -0.25) is 4.90 Å². The maximum Gasteiger partial charge on any atom is 0.0128 e. The topological polar surface area (TPSA) is 15.3 Å². The molecule has 2 aliphatic heterocycles. The van der Waals surface area contributed by atoms with E-state index >= 15 is 0 Å². The SMILES string of the molecule is CCN(C1CCC(C(C)(C)C)CC1)C1CC2CCC(C1)N2. The lowest BCUT2D eigenvalue weighted by Gasteiger charge is -2.45. The number of fused-ring (bicyclic) bond motifs is 2. The quantitative estimate of drug-likeness (QED) is 0.839. The van der Waals surface area contributed by atoms with E-state index in [-0.39, 0.29) is 0 Å². The third-order valence-corrected chi connectivity index (χ3v) is 6.67. The van der Waals surface area contributed by atoms with Gasteiger partial charge in [0.2, 0.25) is 0 Å². The van der Waals surface area contributed by atoms with E-state index in [0.717, 1.165) is 30.1 Å². The van der Waals surface area contributed by atoms with Crippen LogP contribution in [0.25, 0.3) is 0 Å². The van der Waals surface area contributed by atoms with Gasteiger partial charge in [-0.2, -0.15) is 0 Å². The van der Waals surface area contributed by atoms with Gasteiger partial charge in [0.15, 0.2) is 0 Å². The molecule has 1 saturated carbocycles. The van der Waals surface area contributed by atoms with Gasteiger partial charge in [0.25, 0.3) is 0 Å². The summed E-state index contributed by atoms with van der Waals surface area (Å²) >= 11 is 0. The normalized spacial score (nSPS) is 40.7. The van der Waals surface area contributed by atoms with Crippen molar-refractivity contribution in [2.45, 2.75) is 103 Å². The van der Waals surface area contributed by atoms with Crippen LogP contribution in [0.5, 0.6) is 0 Å². The molecule has 2 saturated heterocycles. The van der Waals surface area contributed by atoms with E-state index in [9.17, 15) is 0 Å². The summed E-state index contributed by atoms with van der Waals surface area (Å²) in [5, 5.41) is 3.80. The van der Waals surface area contributed by atoms with Gasteiger partial charge in [-0.25, -0.2) is 0 Å². The van der Waals surface area contributed by atoms with Crippen LogP contribution in [0, 0.1) is 11.3 Å². The molecule has 0 spiro atoms. The fraction of sp³-hybridized carbons (Fsp3) is 1.00. The Kier molecular flexibility index (Phi) is 4.66. The molecule has 2 nitrogen and oxygen atoms in total. The van der Waals surface area contributed by atoms with Crippen LogP contribution in [0.1, 0.15) is 79.1 Å². The fourth-order valence-electron chi connectivity index (χ4n) is 5.39. The smallest absolute Gasteiger partial charge is 0.0128 e. The maximum atomic E-state index is 3.80. The summed E-state index contributed by atoms with van der Waals surface area (Å²) in [4.78, 5) is 2.89. The van der Waals surface area contributed by atoms with Crippen LogP contribution in [-0.4, -0.2) is 35.6 Å². The molecule has 0 aromatic carbocycles. The van der Waals surface area contributed by atoms with Gasteiger partial charge in [-0.15, -0.1) is 0 Å². The standard InChI is InChI=1S/C19H36N2/c1-5-21(18-12-15-8-9-16(13-18)20-15)17-10-6-14(7-11-17)19(2,3)4/h14-18,20H,5-13H2,1-4H3. The van der Waals surface area contributed by atoms with Crippen molar-refractivity contribution in [2.24, 2.45) is 11.3 Å². The van der Waals surface area contributed by atoms with Crippen molar-refractivity contribution < 1.29 is 0 Å². The van der Waals surface area contributed by atoms with Gasteiger partial charge in [0, 0.05) is 24.2 Å². The van der Waals surface area contributed by atoms with Crippen LogP contribution in [0.2, 0.25) is 0 Å². The number of hydrogen-bond donors (Lipinski definition) is 1. The third-order valence-electron chi connectivity index (χ3n) is 6.67. The van der Waals surface area contributed by atoms with Gasteiger partial charge < -0.3 is 5.32 Å². The highest BCUT2D eigenvalue weighted by atomic mass is 15.2. The Hall–Kier alpha value is -0.0800. The average molecular weight is 293 g/mol. The van der Waals surface area contributed by atoms with Crippen molar-refractivity contribution in [2.75, 3.05) is 6.54 Å². The summed E-state index contributed by atoms with van der Waals surface area (Å²) < 4.78 is 0. The lowest BCUT2D eigenvalue weighted by Crippen LogP contribution is -2.52. The molecule has 0 aromatic rings. The monoisotopic (exact) mass is 292 g/mol. The molecular formula is C19H36N2. The number of hydrogen-bond acceptors (Lipinski definition) is 2. The summed E-state index contributed by atoms with van der Waals surface area (Å²) in [6.45, 7) is 10.9. The van der Waals surface area contributed by atoms with Crippen LogP contribution in [-0.2, 0) is 0 Å². The predicted octanol–water partition coefficient (Wildman–Crippen LogP) is 4.20. The second-order valence-corrected chi connectivity index (χ2v) is 8.97. The molecule has 2 bridgehead atoms. The van der Waals surface area contributed by atoms with Crippen LogP contribution in [0.3, 0.4) is 0 Å². The Morgan fingerprint density at radius 2 is 1.43 bits per heavy atom. The van der Waals surface area contributed by atoms with E-state index < -0.39 is 0 Å². The van der Waals surface area contributed by atoms with Gasteiger partial charge >= 0.3 is 0 Å². The zero-order valence-corrected chi connectivity index (χ0v) is 14.7. The van der Waals surface area contributed by atoms with Crippen LogP contribution in [0.15, 0.2) is 0 Å². The first-order valence-corrected chi connectivity index (χ1v) is 9.49. The highest BCUT2D eigenvalue weighted by Gasteiger charge is 2.39. The summed E-state index contributed by atoms with van der Waals surface area (Å²) in [7, 11) is 0. The first kappa shape index (κ1) is 15.8. The maximum absolute atomic E-state index is 3.80. The zero-order valence-electron chi connectivity index (χ0n) is 14.7. The van der Waals surface area contributed by atoms with Crippen LogP contribution in [0.4, 0.5) is 0 Å². The second-order valence-electron chi connectivity index (χ2n) is 8.97. The Bertz CT molecular complexity index is 326. The van der Waals surface area contributed by atoms with E-state index in [1.54, 1.807) is 0 Å². The molecule has 21 heavy (non-hydrogen) atoms. The van der Waals surface area contributed by atoms with Crippen LogP contribution < -0.4 is 5.32 Å². The van der Waals surface area contributed by atoms with Crippen molar-refractivity contribution in [3.8, 4) is 0 Å². The Morgan fingerprint density at radius 3 is 1.90 bits per heavy atom. The third kappa shape index (κ3) is 3.47. The van der Waals surface area contributed by atoms with E-state index in [2.05, 4.69) is 37.9 Å². The predicted molar refractivity (Wildman–Crippen MR) is 90.5 cm³/mol. The Labute approximate surface area is 132 Å². The van der Waals surface area contributed by atoms with Gasteiger partial charge in [-0.05, 0) is 69.2 Å². The molecule has 2 unspecified atom stereocenters. The minimum Gasteiger partial charge on any atom is -0.311 e. The lowest BCUT2D eigenvalue weighted by molar-refractivity contribution is 0.0509. The number of rotatable bonds is 3. The molecule has 122 valence electrons. The average Bonchev–Trinajstić information content (AvgIpc) is 2.78. The fourth-order valence-corrected chi connectivity index (χ4v) is 5.39. The van der Waals surface area contributed by atoms with Crippen LogP contribution >= 0.6 is 0 Å². The van der Waals surface area contributed by atoms with Gasteiger partial charge in [0.1, 0.15) is 0 Å². The summed E-state index contributed by atoms with van der Waals surface area (Å²) in [6, 6.07) is 3.39. The van der Waals surface area contributed by atoms with Crippen molar-refractivity contribution in [1.82, 2.24) is 10.2 Å². The molecule has 0 aromatic heterocycles. The molecule has 3 rings (SSSR count). The van der Waals surface area contributed by atoms with Gasteiger partial charge in [0.05, 0.1) is 0 Å². The van der Waals surface area contributed by atoms with Crippen molar-refractivity contribution in [1.29, 1.82) is 0 Å². The molecule has 1 N–H and O–H groups in total. The molecule has 1 aliphatic carbocycles. The van der Waals surface area contributed by atoms with Crippen molar-refractivity contribution >= 4 is 0 Å². The van der Waals surface area contributed by atoms with Crippen molar-refractivity contribution in [3.05, 3.63) is 0 Å². The molecule has 2 atom stereocenters. The first-order valence-electron chi connectivity index (χ1n) is 9.49. The highest BCUT2D eigenvalue weighted by Crippen LogP contribution is 2.40. The molecule has 0 radical (unpaired) electrons. The lowest BCUT2D eigenvalue weighted by atomic mass is 9.71. The molecule has 2 heteroatoms. The molecule has 0 amide bonds. The second kappa shape index (κ2) is 6.20. The summed E-state index contributed by atoms with van der Waals surface area (Å²) in [5.41, 5.74) is 0.510. The molecule has 3 aliphatic rings. The molecule has 3 fully saturated rings. The van der Waals surface area contributed by atoms with Crippen molar-refractivity contribution in [3.63, 3.8) is 0 Å². The number of piperidine rings is 1.